The number of rotatable bonds is 5. The van der Waals surface area contributed by atoms with Crippen molar-refractivity contribution in [1.82, 2.24) is 25.0 Å². The van der Waals surface area contributed by atoms with Gasteiger partial charge in [-0.25, -0.2) is 4.68 Å². The number of benzene rings is 1. The molecule has 7 nitrogen and oxygen atoms in total. The third-order valence-electron chi connectivity index (χ3n) is 2.68. The molecule has 0 atom stereocenters. The lowest BCUT2D eigenvalue weighted by Gasteiger charge is -1.98. The third kappa shape index (κ3) is 3.11. The number of carboxylic acids is 1. The van der Waals surface area contributed by atoms with Gasteiger partial charge in [-0.05, 0) is 12.1 Å². The van der Waals surface area contributed by atoms with E-state index in [1.54, 1.807) is 10.9 Å². The van der Waals surface area contributed by atoms with Crippen LogP contribution in [-0.4, -0.2) is 41.8 Å². The van der Waals surface area contributed by atoms with Crippen molar-refractivity contribution in [3.8, 4) is 17.1 Å². The lowest BCUT2D eigenvalue weighted by molar-refractivity contribution is -0.133. The van der Waals surface area contributed by atoms with Crippen LogP contribution in [0.25, 0.3) is 17.1 Å². The maximum Gasteiger partial charge on any atom is 0.313 e. The first-order valence-electron chi connectivity index (χ1n) is 6.10. The molecule has 0 unspecified atom stereocenters. The number of nitrogens with zero attached hydrogens (tertiary/aromatic N) is 4. The molecule has 3 rings (SSSR count). The van der Waals surface area contributed by atoms with Crippen molar-refractivity contribution < 1.29 is 9.90 Å². The zero-order valence-corrected chi connectivity index (χ0v) is 11.6. The van der Waals surface area contributed by atoms with Gasteiger partial charge in [0, 0.05) is 6.20 Å². The van der Waals surface area contributed by atoms with Crippen molar-refractivity contribution >= 4 is 17.7 Å². The molecule has 0 radical (unpaired) electrons. The van der Waals surface area contributed by atoms with Crippen LogP contribution in [0.15, 0.2) is 47.9 Å². The smallest absolute Gasteiger partial charge is 0.313 e. The van der Waals surface area contributed by atoms with Gasteiger partial charge >= 0.3 is 5.97 Å². The molecule has 0 amide bonds. The third-order valence-corrected chi connectivity index (χ3v) is 3.52. The molecule has 0 fully saturated rings. The zero-order valence-electron chi connectivity index (χ0n) is 10.8. The van der Waals surface area contributed by atoms with Crippen LogP contribution >= 0.6 is 11.8 Å². The second-order valence-electron chi connectivity index (χ2n) is 4.17. The Bertz CT molecular complexity index is 753. The molecule has 2 heterocycles. The van der Waals surface area contributed by atoms with Gasteiger partial charge in [0.15, 0.2) is 11.0 Å². The molecule has 3 aromatic rings. The summed E-state index contributed by atoms with van der Waals surface area (Å²) in [6.45, 7) is 0. The maximum atomic E-state index is 10.5. The van der Waals surface area contributed by atoms with Gasteiger partial charge in [0.2, 0.25) is 0 Å². The second-order valence-corrected chi connectivity index (χ2v) is 5.13. The van der Waals surface area contributed by atoms with Gasteiger partial charge in [0.05, 0.1) is 23.2 Å². The van der Waals surface area contributed by atoms with Gasteiger partial charge in [-0.1, -0.05) is 30.0 Å². The Morgan fingerprint density at radius 3 is 2.86 bits per heavy atom. The van der Waals surface area contributed by atoms with Crippen molar-refractivity contribution in [1.29, 1.82) is 0 Å². The molecule has 2 N–H and O–H groups in total. The molecule has 0 aliphatic rings. The van der Waals surface area contributed by atoms with Crippen LogP contribution in [0, 0.1) is 0 Å². The molecule has 0 saturated heterocycles. The van der Waals surface area contributed by atoms with Crippen molar-refractivity contribution in [3.05, 3.63) is 42.7 Å². The summed E-state index contributed by atoms with van der Waals surface area (Å²) >= 11 is 1.09. The molecule has 0 bridgehead atoms. The highest BCUT2D eigenvalue weighted by atomic mass is 32.2. The highest BCUT2D eigenvalue weighted by Gasteiger charge is 2.10. The summed E-state index contributed by atoms with van der Waals surface area (Å²) < 4.78 is 1.74. The van der Waals surface area contributed by atoms with E-state index in [9.17, 15) is 4.79 Å². The molecule has 8 heteroatoms. The van der Waals surface area contributed by atoms with Gasteiger partial charge in [-0.2, -0.15) is 5.10 Å². The van der Waals surface area contributed by atoms with Crippen molar-refractivity contribution in [2.24, 2.45) is 0 Å². The highest BCUT2D eigenvalue weighted by molar-refractivity contribution is 7.99. The van der Waals surface area contributed by atoms with E-state index in [0.29, 0.717) is 11.0 Å². The van der Waals surface area contributed by atoms with E-state index in [1.807, 2.05) is 36.5 Å². The average Bonchev–Trinajstić information content (AvgIpc) is 3.15. The number of carboxylic acid groups (broad SMARTS) is 1. The van der Waals surface area contributed by atoms with E-state index < -0.39 is 5.97 Å². The molecule has 2 aromatic heterocycles. The summed E-state index contributed by atoms with van der Waals surface area (Å²) in [5.41, 5.74) is 1.73. The number of para-hydroxylation sites is 1. The van der Waals surface area contributed by atoms with Crippen LogP contribution in [0.5, 0.6) is 0 Å². The fraction of sp³-hybridized carbons (Fsp3) is 0.0769. The van der Waals surface area contributed by atoms with E-state index in [0.717, 1.165) is 23.0 Å². The summed E-state index contributed by atoms with van der Waals surface area (Å²) in [5, 5.41) is 21.3. The van der Waals surface area contributed by atoms with E-state index in [-0.39, 0.29) is 5.75 Å². The minimum Gasteiger partial charge on any atom is -0.481 e. The maximum absolute atomic E-state index is 10.5. The first-order valence-corrected chi connectivity index (χ1v) is 7.08. The van der Waals surface area contributed by atoms with Gasteiger partial charge < -0.3 is 10.1 Å². The van der Waals surface area contributed by atoms with Crippen LogP contribution in [0.4, 0.5) is 0 Å². The first-order chi connectivity index (χ1) is 10.2. The molecular weight excluding hydrogens is 290 g/mol. The van der Waals surface area contributed by atoms with E-state index in [2.05, 4.69) is 20.3 Å². The monoisotopic (exact) mass is 301 g/mol. The van der Waals surface area contributed by atoms with Crippen LogP contribution in [0.3, 0.4) is 0 Å². The lowest BCUT2D eigenvalue weighted by Crippen LogP contribution is -1.97. The Hall–Kier alpha value is -2.61. The number of hydrogen-bond donors (Lipinski definition) is 2. The second kappa shape index (κ2) is 5.80. The van der Waals surface area contributed by atoms with Crippen molar-refractivity contribution in [3.63, 3.8) is 0 Å². The highest BCUT2D eigenvalue weighted by Crippen LogP contribution is 2.19. The summed E-state index contributed by atoms with van der Waals surface area (Å²) in [4.78, 5) is 13.5. The van der Waals surface area contributed by atoms with E-state index >= 15 is 0 Å². The van der Waals surface area contributed by atoms with Gasteiger partial charge in [-0.3, -0.25) is 4.79 Å². The fourth-order valence-electron chi connectivity index (χ4n) is 1.74. The number of aliphatic carboxylic acids is 1. The summed E-state index contributed by atoms with van der Waals surface area (Å²) in [7, 11) is 0. The molecule has 106 valence electrons. The largest absolute Gasteiger partial charge is 0.481 e. The first kappa shape index (κ1) is 13.4. The summed E-state index contributed by atoms with van der Waals surface area (Å²) in [5.74, 6) is -0.391. The zero-order chi connectivity index (χ0) is 14.7. The number of aromatic nitrogens is 5. The molecule has 1 aromatic carbocycles. The number of thioether (sulfide) groups is 1. The number of carbonyl (C=O) groups is 1. The number of H-pyrrole nitrogens is 1. The molecule has 0 aliphatic heterocycles. The SMILES string of the molecule is O=C(O)CSc1nnc(-c2cnn(-c3ccccc3)c2)[nH]1. The molecule has 0 saturated carbocycles. The fourth-order valence-corrected chi connectivity index (χ4v) is 2.27. The molecule has 0 spiro atoms. The van der Waals surface area contributed by atoms with E-state index in [4.69, 9.17) is 5.11 Å². The van der Waals surface area contributed by atoms with Crippen LogP contribution in [0.2, 0.25) is 0 Å². The number of nitrogens with one attached hydrogen (secondary N) is 1. The Morgan fingerprint density at radius 1 is 1.29 bits per heavy atom. The van der Waals surface area contributed by atoms with Gasteiger partial charge in [-0.15, -0.1) is 10.2 Å². The normalized spacial score (nSPS) is 10.7. The average molecular weight is 301 g/mol. The molecule has 21 heavy (non-hydrogen) atoms. The van der Waals surface area contributed by atoms with E-state index in [1.165, 1.54) is 0 Å². The van der Waals surface area contributed by atoms with Crippen molar-refractivity contribution in [2.75, 3.05) is 5.75 Å². The number of hydrogen-bond acceptors (Lipinski definition) is 5. The standard InChI is InChI=1S/C13H11N5O2S/c19-11(20)8-21-13-15-12(16-17-13)9-6-14-18(7-9)10-4-2-1-3-5-10/h1-7H,8H2,(H,19,20)(H,15,16,17). The van der Waals surface area contributed by atoms with Crippen molar-refractivity contribution in [2.45, 2.75) is 5.16 Å². The van der Waals surface area contributed by atoms with Crippen LogP contribution in [0.1, 0.15) is 0 Å². The Balaban J connectivity index is 1.79. The summed E-state index contributed by atoms with van der Waals surface area (Å²) in [6.07, 6.45) is 3.51. The lowest BCUT2D eigenvalue weighted by atomic mass is 10.3. The quantitative estimate of drug-likeness (QED) is 0.698. The predicted molar refractivity (Wildman–Crippen MR) is 77.3 cm³/mol. The van der Waals surface area contributed by atoms with Gasteiger partial charge in [0.25, 0.3) is 0 Å². The Labute approximate surface area is 124 Å². The Morgan fingerprint density at radius 2 is 2.10 bits per heavy atom. The molecule has 0 aliphatic carbocycles. The van der Waals surface area contributed by atoms with Crippen LogP contribution in [-0.2, 0) is 4.79 Å². The predicted octanol–water partition coefficient (Wildman–Crippen LogP) is 1.83. The molecular formula is C13H11N5O2S. The number of aromatic amines is 1. The van der Waals surface area contributed by atoms with Crippen LogP contribution < -0.4 is 0 Å². The van der Waals surface area contributed by atoms with Gasteiger partial charge in [0.1, 0.15) is 0 Å². The summed E-state index contributed by atoms with van der Waals surface area (Å²) in [6, 6.07) is 9.71. The minimum atomic E-state index is -0.894. The Kier molecular flexibility index (Phi) is 3.69. The topological polar surface area (TPSA) is 96.7 Å². The minimum absolute atomic E-state index is 0.0576.